The van der Waals surface area contributed by atoms with Gasteiger partial charge in [-0.3, -0.25) is 0 Å². The van der Waals surface area contributed by atoms with Crippen molar-refractivity contribution in [2.45, 2.75) is 11.8 Å². The van der Waals surface area contributed by atoms with E-state index in [1.54, 1.807) is 6.33 Å². The third-order valence-corrected chi connectivity index (χ3v) is 8.34. The van der Waals surface area contributed by atoms with Gasteiger partial charge in [0.05, 0.1) is 7.12 Å². The number of halogens is 1. The molecule has 0 aliphatic heterocycles. The van der Waals surface area contributed by atoms with Crippen molar-refractivity contribution in [3.63, 3.8) is 0 Å². The van der Waals surface area contributed by atoms with Gasteiger partial charge in [0.2, 0.25) is 0 Å². The molecule has 0 spiro atoms. The smallest absolute Gasteiger partial charge is 0.164 e. The Morgan fingerprint density at radius 2 is 1.82 bits per heavy atom. The second-order valence-corrected chi connectivity index (χ2v) is 8.93. The molecule has 3 rings (SSSR count). The van der Waals surface area contributed by atoms with Crippen molar-refractivity contribution < 1.29 is 0 Å². The average molecular weight is 348 g/mol. The summed E-state index contributed by atoms with van der Waals surface area (Å²) in [5, 5.41) is 6.11. The number of benzene rings is 2. The molecule has 0 saturated carbocycles. The Morgan fingerprint density at radius 1 is 1.09 bits per heavy atom. The van der Waals surface area contributed by atoms with E-state index >= 15 is 0 Å². The quantitative estimate of drug-likeness (QED) is 0.670. The lowest BCUT2D eigenvalue weighted by Gasteiger charge is -2.18. The van der Waals surface area contributed by atoms with Gasteiger partial charge >= 0.3 is 0 Å². The Hall–Kier alpha value is -1.35. The van der Waals surface area contributed by atoms with E-state index in [1.807, 2.05) is 41.3 Å². The maximum atomic E-state index is 6.44. The van der Waals surface area contributed by atoms with Gasteiger partial charge in [-0.05, 0) is 24.6 Å². The highest BCUT2D eigenvalue weighted by Crippen LogP contribution is 2.53. The van der Waals surface area contributed by atoms with Gasteiger partial charge in [-0.1, -0.05) is 59.4 Å². The maximum Gasteiger partial charge on any atom is 0.164 e. The minimum atomic E-state index is -0.774. The number of hydrogen-bond donors (Lipinski definition) is 0. The lowest BCUT2D eigenvalue weighted by Crippen LogP contribution is -2.20. The van der Waals surface area contributed by atoms with Gasteiger partial charge in [-0.2, -0.15) is 5.10 Å². The van der Waals surface area contributed by atoms with E-state index in [4.69, 9.17) is 11.6 Å². The lowest BCUT2D eigenvalue weighted by molar-refractivity contribution is 0.790. The van der Waals surface area contributed by atoms with Gasteiger partial charge in [-0.15, -0.1) is 0 Å². The molecular formula is C16H15ClN3PS. The first kappa shape index (κ1) is 15.5. The van der Waals surface area contributed by atoms with E-state index in [0.717, 1.165) is 15.9 Å². The predicted octanol–water partition coefficient (Wildman–Crippen LogP) is 3.92. The summed E-state index contributed by atoms with van der Waals surface area (Å²) in [6, 6.07) is 16.4. The van der Waals surface area contributed by atoms with E-state index < -0.39 is 7.12 Å². The minimum absolute atomic E-state index is 0.774. The highest BCUT2D eigenvalue weighted by Gasteiger charge is 2.23. The molecular weight excluding hydrogens is 333 g/mol. The summed E-state index contributed by atoms with van der Waals surface area (Å²) in [4.78, 5) is 5.71. The minimum Gasteiger partial charge on any atom is -0.248 e. The zero-order chi connectivity index (χ0) is 15.5. The zero-order valence-corrected chi connectivity index (χ0v) is 14.7. The van der Waals surface area contributed by atoms with Crippen LogP contribution in [-0.4, -0.2) is 14.8 Å². The fourth-order valence-electron chi connectivity index (χ4n) is 2.05. The van der Waals surface area contributed by atoms with E-state index in [0.29, 0.717) is 0 Å². The van der Waals surface area contributed by atoms with Crippen LogP contribution in [-0.2, 0) is 7.05 Å². The summed E-state index contributed by atoms with van der Waals surface area (Å²) in [5.41, 5.74) is 2.21. The molecule has 0 saturated heterocycles. The fraction of sp³-hybridized carbons (Fsp3) is 0.125. The molecule has 0 amide bonds. The fourth-order valence-corrected chi connectivity index (χ4v) is 7.21. The number of aromatic nitrogens is 3. The normalized spacial score (nSPS) is 12.3. The summed E-state index contributed by atoms with van der Waals surface area (Å²) < 4.78 is 1.83. The Bertz CT molecular complexity index is 790. The molecule has 3 nitrogen and oxygen atoms in total. The van der Waals surface area contributed by atoms with Crippen LogP contribution in [0.3, 0.4) is 0 Å². The summed E-state index contributed by atoms with van der Waals surface area (Å²) in [5.74, 6) is 0. The third kappa shape index (κ3) is 3.19. The average Bonchev–Trinajstić information content (AvgIpc) is 2.93. The maximum absolute atomic E-state index is 6.44. The molecule has 1 heterocycles. The second-order valence-electron chi connectivity index (χ2n) is 4.79. The molecule has 22 heavy (non-hydrogen) atoms. The molecule has 3 aromatic rings. The number of rotatable bonds is 4. The van der Waals surface area contributed by atoms with Crippen LogP contribution in [0.1, 0.15) is 5.56 Å². The second kappa shape index (κ2) is 6.82. The molecule has 0 aliphatic rings. The first-order valence-electron chi connectivity index (χ1n) is 6.79. The summed E-state index contributed by atoms with van der Waals surface area (Å²) in [7, 11) is 1.15. The molecule has 0 bridgehead atoms. The number of hydrogen-bond acceptors (Lipinski definition) is 3. The first-order chi connectivity index (χ1) is 10.7. The van der Waals surface area contributed by atoms with Crippen LogP contribution < -0.4 is 10.9 Å². The molecule has 2 aromatic carbocycles. The summed E-state index contributed by atoms with van der Waals surface area (Å²) >= 11 is 8.25. The molecule has 6 heteroatoms. The highest BCUT2D eigenvalue weighted by atomic mass is 35.5. The van der Waals surface area contributed by atoms with Crippen molar-refractivity contribution in [2.24, 2.45) is 7.05 Å². The van der Waals surface area contributed by atoms with E-state index in [9.17, 15) is 0 Å². The van der Waals surface area contributed by atoms with Crippen molar-refractivity contribution in [1.82, 2.24) is 14.8 Å². The van der Waals surface area contributed by atoms with E-state index in [2.05, 4.69) is 47.3 Å². The number of aryl methyl sites for hydroxylation is 2. The van der Waals surface area contributed by atoms with Gasteiger partial charge in [0.1, 0.15) is 6.33 Å². The van der Waals surface area contributed by atoms with Gasteiger partial charge in [0, 0.05) is 22.3 Å². The van der Waals surface area contributed by atoms with Crippen molar-refractivity contribution in [3.05, 3.63) is 65.4 Å². The van der Waals surface area contributed by atoms with Crippen molar-refractivity contribution in [3.8, 4) is 0 Å². The molecule has 1 aromatic heterocycles. The van der Waals surface area contributed by atoms with Crippen LogP contribution in [0.25, 0.3) is 0 Å². The van der Waals surface area contributed by atoms with Crippen molar-refractivity contribution in [1.29, 1.82) is 0 Å². The summed E-state index contributed by atoms with van der Waals surface area (Å²) in [6.45, 7) is 2.12. The van der Waals surface area contributed by atoms with Gasteiger partial charge in [-0.25, -0.2) is 9.67 Å². The molecule has 0 fully saturated rings. The first-order valence-corrected chi connectivity index (χ1v) is 9.93. The highest BCUT2D eigenvalue weighted by molar-refractivity contribution is 8.60. The van der Waals surface area contributed by atoms with Crippen LogP contribution in [0.15, 0.2) is 59.8 Å². The lowest BCUT2D eigenvalue weighted by atomic mass is 10.2. The van der Waals surface area contributed by atoms with Crippen LogP contribution in [0.4, 0.5) is 0 Å². The van der Waals surface area contributed by atoms with Crippen molar-refractivity contribution >= 4 is 41.0 Å². The Morgan fingerprint density at radius 3 is 2.50 bits per heavy atom. The van der Waals surface area contributed by atoms with E-state index in [-0.39, 0.29) is 0 Å². The zero-order valence-electron chi connectivity index (χ0n) is 12.3. The topological polar surface area (TPSA) is 30.7 Å². The molecule has 1 unspecified atom stereocenters. The summed E-state index contributed by atoms with van der Waals surface area (Å²) in [6.07, 6.45) is 1.60. The molecule has 0 radical (unpaired) electrons. The van der Waals surface area contributed by atoms with Gasteiger partial charge in [0.15, 0.2) is 5.57 Å². The Balaban J connectivity index is 2.07. The molecule has 112 valence electrons. The SMILES string of the molecule is Cc1ccccc1SP(c1ccccc1Cl)c1ncnn1C. The molecule has 1 atom stereocenters. The van der Waals surface area contributed by atoms with Crippen LogP contribution in [0.5, 0.6) is 0 Å². The van der Waals surface area contributed by atoms with Crippen molar-refractivity contribution in [2.75, 3.05) is 0 Å². The largest absolute Gasteiger partial charge is 0.248 e. The van der Waals surface area contributed by atoms with E-state index in [1.165, 1.54) is 10.5 Å². The number of nitrogens with zero attached hydrogens (tertiary/aromatic N) is 3. The monoisotopic (exact) mass is 347 g/mol. The molecule has 0 N–H and O–H groups in total. The van der Waals surface area contributed by atoms with Gasteiger partial charge < -0.3 is 0 Å². The third-order valence-electron chi connectivity index (χ3n) is 3.22. The predicted molar refractivity (Wildman–Crippen MR) is 95.7 cm³/mol. The Labute approximate surface area is 140 Å². The van der Waals surface area contributed by atoms with Gasteiger partial charge in [0.25, 0.3) is 0 Å². The molecule has 0 aliphatic carbocycles. The van der Waals surface area contributed by atoms with Crippen LogP contribution in [0.2, 0.25) is 5.02 Å². The Kier molecular flexibility index (Phi) is 4.82. The standard InChI is InChI=1S/C16H15ClN3PS/c1-12-7-3-6-10-15(12)22-21(16-18-11-19-20(16)2)14-9-5-4-8-13(14)17/h3-11H,1-2H3. The van der Waals surface area contributed by atoms with Crippen LogP contribution in [0, 0.1) is 6.92 Å². The van der Waals surface area contributed by atoms with Crippen LogP contribution >= 0.6 is 30.1 Å².